The highest BCUT2D eigenvalue weighted by Crippen LogP contribution is 2.42. The average molecular weight is 943 g/mol. The van der Waals surface area contributed by atoms with Crippen molar-refractivity contribution < 1.29 is 53.0 Å². The lowest BCUT2D eigenvalue weighted by Crippen LogP contribution is -2.52. The van der Waals surface area contributed by atoms with Crippen LogP contribution in [0.2, 0.25) is 36.3 Å². The van der Waals surface area contributed by atoms with Crippen LogP contribution in [0.4, 0.5) is 0 Å². The predicted molar refractivity (Wildman–Crippen MR) is 252 cm³/mol. The molecule has 0 N–H and O–H groups in total. The fourth-order valence-electron chi connectivity index (χ4n) is 6.04. The number of benzene rings is 2. The summed E-state index contributed by atoms with van der Waals surface area (Å²) in [5.41, 5.74) is 1.83. The molecule has 0 saturated heterocycles. The minimum Gasteiger partial charge on any atom is -0.411 e. The van der Waals surface area contributed by atoms with Crippen LogP contribution in [0.25, 0.3) is 0 Å². The van der Waals surface area contributed by atoms with Crippen LogP contribution < -0.4 is 0 Å². The number of hydrogen-bond acceptors (Lipinski definition) is 12. The van der Waals surface area contributed by atoms with Crippen molar-refractivity contribution in [3.63, 3.8) is 0 Å². The van der Waals surface area contributed by atoms with E-state index in [-0.39, 0.29) is 46.3 Å². The zero-order valence-corrected chi connectivity index (χ0v) is 44.0. The summed E-state index contributed by atoms with van der Waals surface area (Å²) in [5.74, 6) is 0. The van der Waals surface area contributed by atoms with Gasteiger partial charge < -0.3 is 27.8 Å². The van der Waals surface area contributed by atoms with Gasteiger partial charge in [0.2, 0.25) is 0 Å². The van der Waals surface area contributed by atoms with Gasteiger partial charge >= 0.3 is 0 Å². The lowest BCUT2D eigenvalue weighted by molar-refractivity contribution is -0.0929. The highest BCUT2D eigenvalue weighted by molar-refractivity contribution is 7.87. The van der Waals surface area contributed by atoms with Gasteiger partial charge in [-0.05, 0) is 114 Å². The molecule has 0 fully saturated rings. The Hall–Kier alpha value is -2.07. The van der Waals surface area contributed by atoms with Crippen molar-refractivity contribution in [1.82, 2.24) is 0 Å². The topological polar surface area (TPSA) is 142 Å². The maximum Gasteiger partial charge on any atom is 0.297 e. The molecule has 0 heterocycles. The Kier molecular flexibility index (Phi) is 22.1. The van der Waals surface area contributed by atoms with Gasteiger partial charge in [0.1, 0.15) is 38.0 Å². The Balaban J connectivity index is 2.81. The summed E-state index contributed by atoms with van der Waals surface area (Å²) < 4.78 is 105. The van der Waals surface area contributed by atoms with Gasteiger partial charge in [-0.2, -0.15) is 16.8 Å². The van der Waals surface area contributed by atoms with Crippen molar-refractivity contribution in [1.29, 1.82) is 0 Å². The second-order valence-corrected chi connectivity index (χ2v) is 31.6. The summed E-state index contributed by atoms with van der Waals surface area (Å²) in [7, 11) is -10.6. The Morgan fingerprint density at radius 2 is 0.823 bits per heavy atom. The van der Waals surface area contributed by atoms with E-state index in [1.807, 2.05) is 27.7 Å². The van der Waals surface area contributed by atoms with Gasteiger partial charge in [0.15, 0.2) is 16.6 Å². The number of aryl methyl sites for hydroxylation is 2. The van der Waals surface area contributed by atoms with E-state index >= 15 is 0 Å². The number of ether oxygens (including phenoxy) is 4. The number of hydrogen-bond donors (Lipinski definition) is 0. The number of allylic oxidation sites excluding steroid dienone is 2. The van der Waals surface area contributed by atoms with Gasteiger partial charge in [0, 0.05) is 14.2 Å². The van der Waals surface area contributed by atoms with Crippen LogP contribution in [0, 0.1) is 13.8 Å². The van der Waals surface area contributed by atoms with E-state index in [9.17, 15) is 16.8 Å². The molecular formula is C46H78O12S2Si2. The highest BCUT2D eigenvalue weighted by Gasteiger charge is 2.46. The fraction of sp³-hybridized carbons (Fsp3) is 0.652. The molecule has 62 heavy (non-hydrogen) atoms. The molecule has 0 amide bonds. The molecule has 0 radical (unpaired) electrons. The SMILES string of the molecule is C/C=C/[C@@H](OCOC)[C@H](CC[C@@H](O[Si](C)(C)C(C)(C)C)[C@@H](CC[C@H](OS(=O)(=O)c1ccc(C)cc1)[C@@H](/C=C/C)OCOC)O[Si](C)(C)C(C)(C)C)OS(=O)(=O)c1ccc(C)cc1. The molecule has 16 heteroatoms. The molecule has 0 saturated carbocycles. The minimum atomic E-state index is -4.24. The first-order chi connectivity index (χ1) is 28.6. The Morgan fingerprint density at radius 3 is 1.08 bits per heavy atom. The summed E-state index contributed by atoms with van der Waals surface area (Å²) in [6.07, 6.45) is 3.41. The van der Waals surface area contributed by atoms with Gasteiger partial charge in [-0.1, -0.05) is 101 Å². The second-order valence-electron chi connectivity index (χ2n) is 18.9. The van der Waals surface area contributed by atoms with Crippen LogP contribution in [0.3, 0.4) is 0 Å². The van der Waals surface area contributed by atoms with Crippen LogP contribution in [0.15, 0.2) is 82.6 Å². The maximum absolute atomic E-state index is 13.9. The van der Waals surface area contributed by atoms with E-state index in [0.717, 1.165) is 11.1 Å². The molecule has 0 aliphatic carbocycles. The fourth-order valence-corrected chi connectivity index (χ4v) is 11.0. The van der Waals surface area contributed by atoms with Gasteiger partial charge in [0.05, 0.1) is 22.0 Å². The lowest BCUT2D eigenvalue weighted by atomic mass is 9.97. The third-order valence-corrected chi connectivity index (χ3v) is 23.5. The molecule has 0 unspecified atom stereocenters. The van der Waals surface area contributed by atoms with Crippen molar-refractivity contribution in [3.8, 4) is 0 Å². The quantitative estimate of drug-likeness (QED) is 0.0364. The van der Waals surface area contributed by atoms with Gasteiger partial charge in [-0.25, -0.2) is 0 Å². The summed E-state index contributed by atoms with van der Waals surface area (Å²) in [5, 5.41) is -0.406. The van der Waals surface area contributed by atoms with E-state index in [1.165, 1.54) is 38.5 Å². The number of rotatable bonds is 27. The molecule has 12 nitrogen and oxygen atoms in total. The Morgan fingerprint density at radius 1 is 0.532 bits per heavy atom. The first-order valence-electron chi connectivity index (χ1n) is 21.5. The van der Waals surface area contributed by atoms with Gasteiger partial charge in [-0.3, -0.25) is 8.37 Å². The second kappa shape index (κ2) is 24.5. The standard InChI is InChI=1S/C46H78O12S2Si2/c1-17-19-39(53-33-51-11)41(55-59(47,48)37-25-21-35(3)22-26-37)29-31-43(57-61(13,14)45(5,6)7)44(58-62(15,16)46(8,9)10)32-30-42(40(20-18-2)54-34-52-12)56-60(49,50)38-27-23-36(4)24-28-38/h17-28,39-44H,29-34H2,1-16H3/b19-17+,20-18+/t39-,40-,41+,42+,43-,44-/m1/s1. The van der Waals surface area contributed by atoms with Crippen LogP contribution >= 0.6 is 0 Å². The lowest BCUT2D eigenvalue weighted by Gasteiger charge is -2.46. The zero-order valence-electron chi connectivity index (χ0n) is 40.4. The Bertz CT molecular complexity index is 1760. The molecule has 0 bridgehead atoms. The van der Waals surface area contributed by atoms with Crippen molar-refractivity contribution in [2.75, 3.05) is 27.8 Å². The maximum atomic E-state index is 13.9. The smallest absolute Gasteiger partial charge is 0.297 e. The van der Waals surface area contributed by atoms with Crippen LogP contribution in [-0.2, 0) is 56.4 Å². The normalized spacial score (nSPS) is 16.7. The van der Waals surface area contributed by atoms with E-state index in [1.54, 1.807) is 48.6 Å². The van der Waals surface area contributed by atoms with Crippen molar-refractivity contribution in [2.24, 2.45) is 0 Å². The Labute approximate surface area is 377 Å². The van der Waals surface area contributed by atoms with Crippen LogP contribution in [-0.4, -0.2) is 97.9 Å². The van der Waals surface area contributed by atoms with E-state index in [4.69, 9.17) is 36.2 Å². The predicted octanol–water partition coefficient (Wildman–Crippen LogP) is 10.6. The van der Waals surface area contributed by atoms with E-state index in [0.29, 0.717) is 12.8 Å². The molecule has 6 atom stereocenters. The first kappa shape index (κ1) is 56.1. The summed E-state index contributed by atoms with van der Waals surface area (Å²) in [6.45, 7) is 28.9. The van der Waals surface area contributed by atoms with E-state index < -0.39 is 73.5 Å². The average Bonchev–Trinajstić information content (AvgIpc) is 3.16. The summed E-state index contributed by atoms with van der Waals surface area (Å²) in [6, 6.07) is 13.0. The van der Waals surface area contributed by atoms with Crippen LogP contribution in [0.5, 0.6) is 0 Å². The molecule has 2 aromatic rings. The van der Waals surface area contributed by atoms with Crippen LogP contribution in [0.1, 0.15) is 92.2 Å². The third kappa shape index (κ3) is 17.4. The van der Waals surface area contributed by atoms with E-state index in [2.05, 4.69) is 67.7 Å². The number of methoxy groups -OCH3 is 2. The monoisotopic (exact) mass is 942 g/mol. The molecule has 354 valence electrons. The minimum absolute atomic E-state index is 0.0327. The molecule has 0 aliphatic heterocycles. The van der Waals surface area contributed by atoms with Crippen molar-refractivity contribution in [2.45, 2.75) is 178 Å². The first-order valence-corrected chi connectivity index (χ1v) is 30.1. The molecule has 0 aromatic heterocycles. The molecule has 2 rings (SSSR count). The highest BCUT2D eigenvalue weighted by atomic mass is 32.2. The van der Waals surface area contributed by atoms with Gasteiger partial charge in [-0.15, -0.1) is 0 Å². The van der Waals surface area contributed by atoms with Crippen molar-refractivity contribution >= 4 is 36.9 Å². The van der Waals surface area contributed by atoms with Crippen molar-refractivity contribution in [3.05, 3.63) is 84.0 Å². The third-order valence-electron chi connectivity index (χ3n) is 11.8. The molecular weight excluding hydrogens is 865 g/mol. The largest absolute Gasteiger partial charge is 0.411 e. The van der Waals surface area contributed by atoms with Gasteiger partial charge in [0.25, 0.3) is 20.2 Å². The summed E-state index contributed by atoms with van der Waals surface area (Å²) >= 11 is 0. The molecule has 0 spiro atoms. The zero-order chi connectivity index (χ0) is 47.2. The summed E-state index contributed by atoms with van der Waals surface area (Å²) in [4.78, 5) is 0.0653. The molecule has 0 aliphatic rings. The molecule has 2 aromatic carbocycles.